The third-order valence-electron chi connectivity index (χ3n) is 3.21. The summed E-state index contributed by atoms with van der Waals surface area (Å²) in [4.78, 5) is 11.9. The molecule has 0 fully saturated rings. The molecule has 3 aromatic rings. The van der Waals surface area contributed by atoms with Crippen LogP contribution in [0.4, 0.5) is 5.69 Å². The number of nitrogens with zero attached hydrogens (tertiary/aromatic N) is 2. The Bertz CT molecular complexity index is 768. The highest BCUT2D eigenvalue weighted by Gasteiger charge is 2.06. The number of carbonyl (C=O) groups excluding carboxylic acids is 1. The molecule has 0 aliphatic heterocycles. The molecule has 4 nitrogen and oxygen atoms in total. The van der Waals surface area contributed by atoms with Crippen LogP contribution in [-0.2, 0) is 11.3 Å². The molecule has 1 heterocycles. The van der Waals surface area contributed by atoms with Gasteiger partial charge in [0, 0.05) is 22.5 Å². The van der Waals surface area contributed by atoms with E-state index in [0.717, 1.165) is 16.6 Å². The lowest BCUT2D eigenvalue weighted by atomic mass is 10.2. The predicted molar refractivity (Wildman–Crippen MR) is 84.4 cm³/mol. The zero-order valence-electron chi connectivity index (χ0n) is 11.3. The summed E-state index contributed by atoms with van der Waals surface area (Å²) in [7, 11) is 0. The Labute approximate surface area is 127 Å². The first-order valence-corrected chi connectivity index (χ1v) is 7.06. The number of benzene rings is 2. The highest BCUT2D eigenvalue weighted by Crippen LogP contribution is 2.19. The van der Waals surface area contributed by atoms with E-state index in [1.807, 2.05) is 48.5 Å². The molecule has 5 heteroatoms. The molecule has 106 valence electrons. The summed E-state index contributed by atoms with van der Waals surface area (Å²) in [6.45, 7) is 0.516. The minimum Gasteiger partial charge on any atom is -0.326 e. The number of nitrogens with one attached hydrogen (secondary N) is 1. The SMILES string of the molecule is O=C(CCn1ncc2ccc(Cl)cc21)Nc1ccccc1. The number of para-hydroxylation sites is 1. The predicted octanol–water partition coefficient (Wildman–Crippen LogP) is 3.72. The molecule has 1 N–H and O–H groups in total. The second kappa shape index (κ2) is 5.97. The number of aryl methyl sites for hydroxylation is 1. The summed E-state index contributed by atoms with van der Waals surface area (Å²) in [6.07, 6.45) is 2.14. The van der Waals surface area contributed by atoms with E-state index >= 15 is 0 Å². The van der Waals surface area contributed by atoms with Crippen LogP contribution >= 0.6 is 11.6 Å². The molecule has 2 aromatic carbocycles. The second-order valence-corrected chi connectivity index (χ2v) is 5.17. The van der Waals surface area contributed by atoms with Gasteiger partial charge >= 0.3 is 0 Å². The summed E-state index contributed by atoms with van der Waals surface area (Å²) in [6, 6.07) is 15.0. The molecule has 21 heavy (non-hydrogen) atoms. The van der Waals surface area contributed by atoms with Crippen LogP contribution in [0.25, 0.3) is 10.9 Å². The van der Waals surface area contributed by atoms with Crippen molar-refractivity contribution in [2.75, 3.05) is 5.32 Å². The molecule has 0 spiro atoms. The molecule has 0 aliphatic carbocycles. The maximum atomic E-state index is 11.9. The molecule has 1 aromatic heterocycles. The smallest absolute Gasteiger partial charge is 0.226 e. The summed E-state index contributed by atoms with van der Waals surface area (Å²) in [5, 5.41) is 8.83. The van der Waals surface area contributed by atoms with Crippen molar-refractivity contribution in [3.63, 3.8) is 0 Å². The number of fused-ring (bicyclic) bond motifs is 1. The average molecular weight is 300 g/mol. The van der Waals surface area contributed by atoms with Gasteiger partial charge in [0.2, 0.25) is 5.91 Å². The molecule has 0 radical (unpaired) electrons. The minimum absolute atomic E-state index is 0.0353. The van der Waals surface area contributed by atoms with E-state index in [0.29, 0.717) is 18.0 Å². The third-order valence-corrected chi connectivity index (χ3v) is 3.45. The summed E-state index contributed by atoms with van der Waals surface area (Å²) in [5.74, 6) is -0.0353. The van der Waals surface area contributed by atoms with E-state index in [1.54, 1.807) is 10.9 Å². The van der Waals surface area contributed by atoms with Gasteiger partial charge in [-0.2, -0.15) is 5.10 Å². The zero-order chi connectivity index (χ0) is 14.7. The molecule has 0 saturated carbocycles. The van der Waals surface area contributed by atoms with Crippen LogP contribution in [0, 0.1) is 0 Å². The molecule has 1 amide bonds. The maximum absolute atomic E-state index is 11.9. The highest BCUT2D eigenvalue weighted by atomic mass is 35.5. The lowest BCUT2D eigenvalue weighted by Gasteiger charge is -2.06. The van der Waals surface area contributed by atoms with Crippen molar-refractivity contribution in [3.05, 3.63) is 59.8 Å². The second-order valence-electron chi connectivity index (χ2n) is 4.74. The van der Waals surface area contributed by atoms with Crippen LogP contribution in [0.2, 0.25) is 5.02 Å². The summed E-state index contributed by atoms with van der Waals surface area (Å²) < 4.78 is 1.80. The fourth-order valence-electron chi connectivity index (χ4n) is 2.17. The van der Waals surface area contributed by atoms with Gasteiger partial charge in [-0.15, -0.1) is 0 Å². The Morgan fingerprint density at radius 3 is 2.81 bits per heavy atom. The van der Waals surface area contributed by atoms with Gasteiger partial charge in [-0.25, -0.2) is 0 Å². The van der Waals surface area contributed by atoms with Crippen LogP contribution in [0.1, 0.15) is 6.42 Å². The van der Waals surface area contributed by atoms with E-state index in [-0.39, 0.29) is 5.91 Å². The van der Waals surface area contributed by atoms with Crippen molar-refractivity contribution in [3.8, 4) is 0 Å². The number of rotatable bonds is 4. The van der Waals surface area contributed by atoms with E-state index in [2.05, 4.69) is 10.4 Å². The summed E-state index contributed by atoms with van der Waals surface area (Å²) >= 11 is 6.00. The van der Waals surface area contributed by atoms with Crippen LogP contribution < -0.4 is 5.32 Å². The van der Waals surface area contributed by atoms with Crippen LogP contribution in [0.3, 0.4) is 0 Å². The Morgan fingerprint density at radius 2 is 2.00 bits per heavy atom. The number of carbonyl (C=O) groups is 1. The van der Waals surface area contributed by atoms with Crippen molar-refractivity contribution in [2.24, 2.45) is 0 Å². The van der Waals surface area contributed by atoms with Crippen molar-refractivity contribution >= 4 is 34.1 Å². The Morgan fingerprint density at radius 1 is 1.19 bits per heavy atom. The Kier molecular flexibility index (Phi) is 3.88. The van der Waals surface area contributed by atoms with Crippen LogP contribution in [0.5, 0.6) is 0 Å². The standard InChI is InChI=1S/C16H14ClN3O/c17-13-7-6-12-11-18-20(15(12)10-13)9-8-16(21)19-14-4-2-1-3-5-14/h1-7,10-11H,8-9H2,(H,19,21). The fraction of sp³-hybridized carbons (Fsp3) is 0.125. The summed E-state index contributed by atoms with van der Waals surface area (Å²) in [5.41, 5.74) is 1.74. The number of halogens is 1. The van der Waals surface area contributed by atoms with Crippen molar-refractivity contribution in [1.29, 1.82) is 0 Å². The maximum Gasteiger partial charge on any atom is 0.226 e. The van der Waals surface area contributed by atoms with E-state index in [9.17, 15) is 4.79 Å². The van der Waals surface area contributed by atoms with Gasteiger partial charge in [-0.1, -0.05) is 29.8 Å². The highest BCUT2D eigenvalue weighted by molar-refractivity contribution is 6.31. The number of hydrogen-bond donors (Lipinski definition) is 1. The van der Waals surface area contributed by atoms with Gasteiger partial charge in [0.1, 0.15) is 0 Å². The topological polar surface area (TPSA) is 46.9 Å². The first-order chi connectivity index (χ1) is 10.2. The normalized spacial score (nSPS) is 10.7. The van der Waals surface area contributed by atoms with Gasteiger partial charge in [-0.05, 0) is 30.3 Å². The Balaban J connectivity index is 1.66. The lowest BCUT2D eigenvalue weighted by Crippen LogP contribution is -2.14. The number of hydrogen-bond acceptors (Lipinski definition) is 2. The number of aromatic nitrogens is 2. The molecule has 0 saturated heterocycles. The number of amides is 1. The molecule has 0 atom stereocenters. The number of anilines is 1. The first kappa shape index (κ1) is 13.6. The molecule has 0 bridgehead atoms. The van der Waals surface area contributed by atoms with Crippen LogP contribution in [-0.4, -0.2) is 15.7 Å². The van der Waals surface area contributed by atoms with Gasteiger partial charge in [-0.3, -0.25) is 9.48 Å². The van der Waals surface area contributed by atoms with E-state index in [1.165, 1.54) is 0 Å². The third kappa shape index (κ3) is 3.23. The van der Waals surface area contributed by atoms with Crippen molar-refractivity contribution in [2.45, 2.75) is 13.0 Å². The van der Waals surface area contributed by atoms with Gasteiger partial charge < -0.3 is 5.32 Å². The van der Waals surface area contributed by atoms with Gasteiger partial charge in [0.15, 0.2) is 0 Å². The van der Waals surface area contributed by atoms with Crippen molar-refractivity contribution < 1.29 is 4.79 Å². The van der Waals surface area contributed by atoms with Crippen LogP contribution in [0.15, 0.2) is 54.7 Å². The quantitative estimate of drug-likeness (QED) is 0.798. The van der Waals surface area contributed by atoms with Gasteiger partial charge in [0.05, 0.1) is 18.3 Å². The molecule has 0 unspecified atom stereocenters. The van der Waals surface area contributed by atoms with Gasteiger partial charge in [0.25, 0.3) is 0 Å². The molecular weight excluding hydrogens is 286 g/mol. The zero-order valence-corrected chi connectivity index (χ0v) is 12.0. The molecular formula is C16H14ClN3O. The first-order valence-electron chi connectivity index (χ1n) is 6.68. The fourth-order valence-corrected chi connectivity index (χ4v) is 2.34. The van der Waals surface area contributed by atoms with Crippen molar-refractivity contribution in [1.82, 2.24) is 9.78 Å². The van der Waals surface area contributed by atoms with E-state index < -0.39 is 0 Å². The van der Waals surface area contributed by atoms with E-state index in [4.69, 9.17) is 11.6 Å². The monoisotopic (exact) mass is 299 g/mol. The Hall–Kier alpha value is -2.33. The molecule has 0 aliphatic rings. The lowest BCUT2D eigenvalue weighted by molar-refractivity contribution is -0.116. The average Bonchev–Trinajstić information content (AvgIpc) is 2.88. The largest absolute Gasteiger partial charge is 0.326 e. The minimum atomic E-state index is -0.0353. The molecule has 3 rings (SSSR count).